The first-order valence-corrected chi connectivity index (χ1v) is 7.15. The average molecular weight is 287 g/mol. The molecule has 0 aromatic rings. The molecule has 106 valence electrons. The maximum Gasteiger partial charge on any atom is 0.265 e. The number of thioether (sulfide) groups is 1. The minimum absolute atomic E-state index is 0.0972. The van der Waals surface area contributed by atoms with E-state index in [2.05, 4.69) is 0 Å². The number of nitro groups is 1. The quantitative estimate of drug-likeness (QED) is 0.593. The van der Waals surface area contributed by atoms with Crippen molar-refractivity contribution >= 4 is 11.8 Å². The molecule has 1 fully saturated rings. The molecule has 19 heavy (non-hydrogen) atoms. The fraction of sp³-hybridized carbons (Fsp3) is 0.667. The second-order valence-corrected chi connectivity index (χ2v) is 6.05. The molecule has 0 bridgehead atoms. The molecule has 0 radical (unpaired) electrons. The molecule has 2 N–H and O–H groups in total. The van der Waals surface area contributed by atoms with Gasteiger partial charge in [-0.25, -0.2) is 0 Å². The van der Waals surface area contributed by atoms with Gasteiger partial charge >= 0.3 is 0 Å². The summed E-state index contributed by atoms with van der Waals surface area (Å²) in [5.74, 6) is 0. The average Bonchev–Trinajstić information content (AvgIpc) is 2.38. The number of hydrogen-bond donors (Lipinski definition) is 2. The van der Waals surface area contributed by atoms with Crippen LogP contribution in [-0.2, 0) is 4.74 Å². The normalized spacial score (nSPS) is 34.9. The molecule has 1 heterocycles. The van der Waals surface area contributed by atoms with E-state index in [0.717, 1.165) is 0 Å². The number of aliphatic hydroxyl groups is 2. The van der Waals surface area contributed by atoms with Gasteiger partial charge in [0.15, 0.2) is 0 Å². The first-order valence-electron chi connectivity index (χ1n) is 6.21. The third-order valence-electron chi connectivity index (χ3n) is 3.13. The van der Waals surface area contributed by atoms with Crippen molar-refractivity contribution in [2.45, 2.75) is 42.2 Å². The molecular formula is C12H17NO5S. The third kappa shape index (κ3) is 4.04. The molecule has 0 aromatic heterocycles. The highest BCUT2D eigenvalue weighted by atomic mass is 32.2. The van der Waals surface area contributed by atoms with Crippen LogP contribution >= 0.6 is 11.8 Å². The Morgan fingerprint density at radius 2 is 2.32 bits per heavy atom. The van der Waals surface area contributed by atoms with Crippen LogP contribution in [-0.4, -0.2) is 44.6 Å². The van der Waals surface area contributed by atoms with Gasteiger partial charge in [0.2, 0.25) is 0 Å². The second kappa shape index (κ2) is 6.51. The Balaban J connectivity index is 1.86. The van der Waals surface area contributed by atoms with Crippen LogP contribution in [0.4, 0.5) is 0 Å². The van der Waals surface area contributed by atoms with Crippen molar-refractivity contribution in [3.05, 3.63) is 34.0 Å². The van der Waals surface area contributed by atoms with Gasteiger partial charge in [0, 0.05) is 24.2 Å². The van der Waals surface area contributed by atoms with E-state index in [0.29, 0.717) is 19.3 Å². The Morgan fingerprint density at radius 1 is 1.53 bits per heavy atom. The molecule has 4 atom stereocenters. The molecule has 2 rings (SSSR count). The lowest BCUT2D eigenvalue weighted by molar-refractivity contribution is -0.419. The number of allylic oxidation sites excluding steroid dienone is 2. The molecule has 1 aliphatic heterocycles. The highest BCUT2D eigenvalue weighted by Crippen LogP contribution is 2.33. The van der Waals surface area contributed by atoms with Crippen molar-refractivity contribution in [1.29, 1.82) is 0 Å². The van der Waals surface area contributed by atoms with Crippen LogP contribution in [0.15, 0.2) is 23.9 Å². The zero-order valence-corrected chi connectivity index (χ0v) is 11.2. The van der Waals surface area contributed by atoms with Gasteiger partial charge in [-0.3, -0.25) is 10.1 Å². The highest BCUT2D eigenvalue weighted by molar-refractivity contribution is 8.00. The fourth-order valence-corrected chi connectivity index (χ4v) is 3.49. The maximum absolute atomic E-state index is 10.6. The molecule has 1 aliphatic carbocycles. The summed E-state index contributed by atoms with van der Waals surface area (Å²) < 4.78 is 5.65. The molecule has 6 nitrogen and oxygen atoms in total. The number of nitrogens with zero attached hydrogens (tertiary/aromatic N) is 1. The van der Waals surface area contributed by atoms with Gasteiger partial charge in [0.25, 0.3) is 5.70 Å². The van der Waals surface area contributed by atoms with Crippen LogP contribution < -0.4 is 0 Å². The highest BCUT2D eigenvalue weighted by Gasteiger charge is 2.30. The van der Waals surface area contributed by atoms with E-state index in [-0.39, 0.29) is 29.1 Å². The molecule has 0 saturated carbocycles. The number of aliphatic hydroxyl groups excluding tert-OH is 2. The Labute approximate surface area is 115 Å². The Hall–Kier alpha value is -0.890. The van der Waals surface area contributed by atoms with Gasteiger partial charge in [-0.15, -0.1) is 11.8 Å². The van der Waals surface area contributed by atoms with E-state index in [1.807, 2.05) is 0 Å². The van der Waals surface area contributed by atoms with Crippen LogP contribution in [0.2, 0.25) is 0 Å². The van der Waals surface area contributed by atoms with E-state index < -0.39 is 11.0 Å². The smallest absolute Gasteiger partial charge is 0.265 e. The molecular weight excluding hydrogens is 270 g/mol. The van der Waals surface area contributed by atoms with Crippen LogP contribution in [0.5, 0.6) is 0 Å². The Bertz CT molecular complexity index is 398. The zero-order valence-electron chi connectivity index (χ0n) is 10.3. The summed E-state index contributed by atoms with van der Waals surface area (Å²) in [6.07, 6.45) is 5.68. The molecule has 2 aliphatic rings. The van der Waals surface area contributed by atoms with Gasteiger partial charge in [-0.05, 0) is 12.5 Å². The van der Waals surface area contributed by atoms with Crippen LogP contribution in [0, 0.1) is 10.1 Å². The fourth-order valence-electron chi connectivity index (χ4n) is 2.17. The third-order valence-corrected chi connectivity index (χ3v) is 4.43. The first kappa shape index (κ1) is 14.5. The summed E-state index contributed by atoms with van der Waals surface area (Å²) in [7, 11) is 0. The van der Waals surface area contributed by atoms with Crippen molar-refractivity contribution < 1.29 is 19.9 Å². The lowest BCUT2D eigenvalue weighted by Crippen LogP contribution is -2.36. The minimum Gasteiger partial charge on any atom is -0.394 e. The van der Waals surface area contributed by atoms with Crippen molar-refractivity contribution in [1.82, 2.24) is 0 Å². The summed E-state index contributed by atoms with van der Waals surface area (Å²) in [4.78, 5) is 10.2. The summed E-state index contributed by atoms with van der Waals surface area (Å²) in [5, 5.41) is 29.5. The van der Waals surface area contributed by atoms with Crippen LogP contribution in [0.3, 0.4) is 0 Å². The second-order valence-electron chi connectivity index (χ2n) is 4.65. The maximum atomic E-state index is 10.6. The molecule has 1 saturated heterocycles. The van der Waals surface area contributed by atoms with Crippen LogP contribution in [0.25, 0.3) is 0 Å². The predicted octanol–water partition coefficient (Wildman–Crippen LogP) is 1.07. The van der Waals surface area contributed by atoms with Crippen molar-refractivity contribution in [3.63, 3.8) is 0 Å². The molecule has 7 heteroatoms. The van der Waals surface area contributed by atoms with Gasteiger partial charge in [-0.2, -0.15) is 0 Å². The van der Waals surface area contributed by atoms with Gasteiger partial charge in [0.05, 0.1) is 23.7 Å². The Morgan fingerprint density at radius 3 is 2.89 bits per heavy atom. The summed E-state index contributed by atoms with van der Waals surface area (Å²) >= 11 is 1.53. The molecule has 0 spiro atoms. The van der Waals surface area contributed by atoms with E-state index in [1.165, 1.54) is 17.8 Å². The molecule has 1 unspecified atom stereocenters. The zero-order chi connectivity index (χ0) is 13.8. The molecule has 0 amide bonds. The van der Waals surface area contributed by atoms with Crippen molar-refractivity contribution in [2.75, 3.05) is 6.61 Å². The van der Waals surface area contributed by atoms with Gasteiger partial charge in [0.1, 0.15) is 5.44 Å². The largest absolute Gasteiger partial charge is 0.394 e. The van der Waals surface area contributed by atoms with E-state index in [4.69, 9.17) is 9.84 Å². The van der Waals surface area contributed by atoms with Gasteiger partial charge in [-0.1, -0.05) is 6.08 Å². The first-order chi connectivity index (χ1) is 9.08. The number of hydrogen-bond acceptors (Lipinski definition) is 6. The van der Waals surface area contributed by atoms with Crippen molar-refractivity contribution in [3.8, 4) is 0 Å². The van der Waals surface area contributed by atoms with E-state index in [9.17, 15) is 15.2 Å². The van der Waals surface area contributed by atoms with E-state index in [1.54, 1.807) is 12.2 Å². The number of ether oxygens (including phenoxy) is 1. The summed E-state index contributed by atoms with van der Waals surface area (Å²) in [6, 6.07) is 0. The van der Waals surface area contributed by atoms with Crippen LogP contribution in [0.1, 0.15) is 19.3 Å². The lowest BCUT2D eigenvalue weighted by Gasteiger charge is -2.33. The summed E-state index contributed by atoms with van der Waals surface area (Å²) in [5.41, 5.74) is -0.0595. The van der Waals surface area contributed by atoms with Crippen molar-refractivity contribution in [2.24, 2.45) is 0 Å². The molecule has 0 aromatic carbocycles. The topological polar surface area (TPSA) is 92.8 Å². The SMILES string of the molecule is O=[N+]([O-])C1=CCC(S[C@H]2C[C@@H](O)C[C@@H](CO)O2)C=C1. The number of rotatable bonds is 4. The summed E-state index contributed by atoms with van der Waals surface area (Å²) in [6.45, 7) is -0.0972. The Kier molecular flexibility index (Phi) is 4.98. The predicted molar refractivity (Wildman–Crippen MR) is 71.2 cm³/mol. The van der Waals surface area contributed by atoms with Gasteiger partial charge < -0.3 is 14.9 Å². The minimum atomic E-state index is -0.458. The lowest BCUT2D eigenvalue weighted by atomic mass is 10.1. The van der Waals surface area contributed by atoms with E-state index >= 15 is 0 Å². The standard InChI is InChI=1S/C12H17NO5S/c14-7-10-5-9(15)6-12(18-10)19-11-3-1-8(2-4-11)13(16)17/h1-3,9-12,14-15H,4-7H2/t9-,10-,11?,12-/m0/s1. The monoisotopic (exact) mass is 287 g/mol.